The van der Waals surface area contributed by atoms with Crippen LogP contribution in [0.1, 0.15) is 48.8 Å². The molecule has 1 aliphatic carbocycles. The Morgan fingerprint density at radius 3 is 2.38 bits per heavy atom. The molecule has 37 heavy (non-hydrogen) atoms. The molecule has 0 bridgehead atoms. The van der Waals surface area contributed by atoms with E-state index in [-0.39, 0.29) is 36.8 Å². The molecule has 194 valence electrons. The van der Waals surface area contributed by atoms with Crippen LogP contribution in [0.25, 0.3) is 0 Å². The average molecular weight is 503 g/mol. The second kappa shape index (κ2) is 13.0. The second-order valence-corrected chi connectivity index (χ2v) is 9.80. The second-order valence-electron chi connectivity index (χ2n) is 9.80. The lowest BCUT2D eigenvalue weighted by Crippen LogP contribution is -2.53. The molecular formula is C31H35FN2O3. The lowest BCUT2D eigenvalue weighted by Gasteiger charge is -2.33. The molecule has 0 radical (unpaired) electrons. The van der Waals surface area contributed by atoms with Crippen molar-refractivity contribution in [3.63, 3.8) is 0 Å². The Hall–Kier alpha value is -3.67. The summed E-state index contributed by atoms with van der Waals surface area (Å²) in [5, 5.41) is 3.22. The summed E-state index contributed by atoms with van der Waals surface area (Å²) in [7, 11) is 0. The molecule has 1 unspecified atom stereocenters. The molecule has 2 amide bonds. The van der Waals surface area contributed by atoms with Crippen LogP contribution in [-0.4, -0.2) is 35.4 Å². The zero-order chi connectivity index (χ0) is 26.0. The highest BCUT2D eigenvalue weighted by Gasteiger charge is 2.32. The summed E-state index contributed by atoms with van der Waals surface area (Å²) in [5.41, 5.74) is 2.73. The Bertz CT molecular complexity index is 1160. The van der Waals surface area contributed by atoms with Crippen LogP contribution in [0.5, 0.6) is 5.75 Å². The molecule has 0 aromatic heterocycles. The van der Waals surface area contributed by atoms with Crippen LogP contribution in [0.4, 0.5) is 4.39 Å². The van der Waals surface area contributed by atoms with Crippen molar-refractivity contribution in [2.24, 2.45) is 0 Å². The minimum atomic E-state index is -0.733. The van der Waals surface area contributed by atoms with Crippen LogP contribution < -0.4 is 10.1 Å². The summed E-state index contributed by atoms with van der Waals surface area (Å²) >= 11 is 0. The van der Waals surface area contributed by atoms with Crippen LogP contribution in [0.2, 0.25) is 0 Å². The maximum Gasteiger partial charge on any atom is 0.261 e. The summed E-state index contributed by atoms with van der Waals surface area (Å²) in [6.07, 6.45) is 5.65. The van der Waals surface area contributed by atoms with Crippen LogP contribution in [0.3, 0.4) is 0 Å². The number of hydrogen-bond donors (Lipinski definition) is 1. The number of halogens is 1. The monoisotopic (exact) mass is 502 g/mol. The minimum absolute atomic E-state index is 0.117. The molecule has 1 fully saturated rings. The zero-order valence-electron chi connectivity index (χ0n) is 21.4. The van der Waals surface area contributed by atoms with Gasteiger partial charge in [0, 0.05) is 19.0 Å². The predicted molar refractivity (Wildman–Crippen MR) is 143 cm³/mol. The SMILES string of the molecule is Cc1cccc(OCC(=O)N(Cc2ccc(F)cc2)C(Cc2ccccc2)C(=O)NC2CCCCC2)c1. The molecule has 0 spiro atoms. The normalized spacial score (nSPS) is 14.5. The van der Waals surface area contributed by atoms with Crippen molar-refractivity contribution < 1.29 is 18.7 Å². The van der Waals surface area contributed by atoms with E-state index in [1.165, 1.54) is 18.6 Å². The third-order valence-corrected chi connectivity index (χ3v) is 6.84. The van der Waals surface area contributed by atoms with E-state index in [1.807, 2.05) is 61.5 Å². The molecule has 0 aliphatic heterocycles. The summed E-state index contributed by atoms with van der Waals surface area (Å²) < 4.78 is 19.4. The number of hydrogen-bond acceptors (Lipinski definition) is 3. The van der Waals surface area contributed by atoms with Crippen LogP contribution in [-0.2, 0) is 22.6 Å². The first-order chi connectivity index (χ1) is 18.0. The largest absolute Gasteiger partial charge is 0.484 e. The highest BCUT2D eigenvalue weighted by Crippen LogP contribution is 2.20. The summed E-state index contributed by atoms with van der Waals surface area (Å²) in [5.74, 6) is -0.214. The van der Waals surface area contributed by atoms with Gasteiger partial charge in [0.1, 0.15) is 17.6 Å². The van der Waals surface area contributed by atoms with E-state index in [9.17, 15) is 14.0 Å². The lowest BCUT2D eigenvalue weighted by atomic mass is 9.94. The van der Waals surface area contributed by atoms with E-state index in [0.29, 0.717) is 12.2 Å². The number of nitrogens with zero attached hydrogens (tertiary/aromatic N) is 1. The Kier molecular flexibility index (Phi) is 9.30. The number of rotatable bonds is 10. The van der Waals surface area contributed by atoms with Gasteiger partial charge in [-0.1, -0.05) is 73.9 Å². The van der Waals surface area contributed by atoms with E-state index in [0.717, 1.165) is 42.4 Å². The number of amides is 2. The first-order valence-electron chi connectivity index (χ1n) is 13.1. The average Bonchev–Trinajstić information content (AvgIpc) is 2.91. The van der Waals surface area contributed by atoms with E-state index < -0.39 is 6.04 Å². The van der Waals surface area contributed by atoms with Crippen molar-refractivity contribution >= 4 is 11.8 Å². The minimum Gasteiger partial charge on any atom is -0.484 e. The van der Waals surface area contributed by atoms with Crippen LogP contribution >= 0.6 is 0 Å². The topological polar surface area (TPSA) is 58.6 Å². The van der Waals surface area contributed by atoms with Gasteiger partial charge in [-0.2, -0.15) is 0 Å². The standard InChI is InChI=1S/C31H35FN2O3/c1-23-9-8-14-28(19-23)37-22-30(35)34(21-25-15-17-26(32)18-16-25)29(20-24-10-4-2-5-11-24)31(36)33-27-12-6-3-7-13-27/h2,4-5,8-11,14-19,27,29H,3,6-7,12-13,20-22H2,1H3,(H,33,36). The molecule has 1 saturated carbocycles. The fourth-order valence-electron chi connectivity index (χ4n) is 4.82. The summed E-state index contributed by atoms with van der Waals surface area (Å²) in [6.45, 7) is 1.93. The fourth-order valence-corrected chi connectivity index (χ4v) is 4.82. The van der Waals surface area contributed by atoms with Gasteiger partial charge >= 0.3 is 0 Å². The number of carbonyl (C=O) groups excluding carboxylic acids is 2. The molecule has 4 rings (SSSR count). The van der Waals surface area contributed by atoms with Gasteiger partial charge in [-0.15, -0.1) is 0 Å². The smallest absolute Gasteiger partial charge is 0.261 e. The molecule has 0 heterocycles. The summed E-state index contributed by atoms with van der Waals surface area (Å²) in [4.78, 5) is 28.9. The number of aryl methyl sites for hydroxylation is 1. The van der Waals surface area contributed by atoms with E-state index in [1.54, 1.807) is 17.0 Å². The van der Waals surface area contributed by atoms with E-state index in [4.69, 9.17) is 4.74 Å². The van der Waals surface area contributed by atoms with Gasteiger partial charge in [-0.05, 0) is 60.7 Å². The summed E-state index contributed by atoms with van der Waals surface area (Å²) in [6, 6.07) is 22.6. The molecule has 3 aromatic rings. The highest BCUT2D eigenvalue weighted by atomic mass is 19.1. The first kappa shape index (κ1) is 26.4. The number of carbonyl (C=O) groups is 2. The number of ether oxygens (including phenoxy) is 1. The molecule has 1 N–H and O–H groups in total. The number of benzene rings is 3. The van der Waals surface area contributed by atoms with Crippen LogP contribution in [0, 0.1) is 12.7 Å². The Morgan fingerprint density at radius 1 is 0.946 bits per heavy atom. The highest BCUT2D eigenvalue weighted by molar-refractivity contribution is 5.88. The van der Waals surface area contributed by atoms with Crippen molar-refractivity contribution in [3.05, 3.63) is 101 Å². The van der Waals surface area contributed by atoms with Gasteiger partial charge < -0.3 is 15.0 Å². The lowest BCUT2D eigenvalue weighted by molar-refractivity contribution is -0.143. The van der Waals surface area contributed by atoms with Gasteiger partial charge in [-0.3, -0.25) is 9.59 Å². The molecule has 1 aliphatic rings. The number of nitrogens with one attached hydrogen (secondary N) is 1. The molecule has 3 aromatic carbocycles. The van der Waals surface area contributed by atoms with Crippen molar-refractivity contribution in [2.45, 2.75) is 64.1 Å². The maximum atomic E-state index is 13.7. The molecular weight excluding hydrogens is 467 g/mol. The Labute approximate surface area is 218 Å². The predicted octanol–water partition coefficient (Wildman–Crippen LogP) is 5.60. The van der Waals surface area contributed by atoms with E-state index in [2.05, 4.69) is 5.32 Å². The first-order valence-corrected chi connectivity index (χ1v) is 13.1. The third kappa shape index (κ3) is 7.91. The van der Waals surface area contributed by atoms with Crippen LogP contribution in [0.15, 0.2) is 78.9 Å². The van der Waals surface area contributed by atoms with Gasteiger partial charge in [-0.25, -0.2) is 4.39 Å². The van der Waals surface area contributed by atoms with Gasteiger partial charge in [0.15, 0.2) is 6.61 Å². The maximum absolute atomic E-state index is 13.7. The van der Waals surface area contributed by atoms with Gasteiger partial charge in [0.25, 0.3) is 5.91 Å². The molecule has 1 atom stereocenters. The van der Waals surface area contributed by atoms with Crippen molar-refractivity contribution in [1.29, 1.82) is 0 Å². The Morgan fingerprint density at radius 2 is 1.68 bits per heavy atom. The quantitative estimate of drug-likeness (QED) is 0.393. The van der Waals surface area contributed by atoms with Gasteiger partial charge in [0.05, 0.1) is 0 Å². The van der Waals surface area contributed by atoms with Crippen molar-refractivity contribution in [2.75, 3.05) is 6.61 Å². The third-order valence-electron chi connectivity index (χ3n) is 6.84. The molecule has 5 nitrogen and oxygen atoms in total. The van der Waals surface area contributed by atoms with Crippen molar-refractivity contribution in [1.82, 2.24) is 10.2 Å². The van der Waals surface area contributed by atoms with Gasteiger partial charge in [0.2, 0.25) is 5.91 Å². The molecule has 6 heteroatoms. The van der Waals surface area contributed by atoms with Crippen molar-refractivity contribution in [3.8, 4) is 5.75 Å². The van der Waals surface area contributed by atoms with E-state index >= 15 is 0 Å². The zero-order valence-corrected chi connectivity index (χ0v) is 21.4. The Balaban J connectivity index is 1.60. The molecule has 0 saturated heterocycles. The fraction of sp³-hybridized carbons (Fsp3) is 0.355.